The number of nitrogens with one attached hydrogen (secondary N) is 1. The zero-order chi connectivity index (χ0) is 14.9. The van der Waals surface area contributed by atoms with Crippen molar-refractivity contribution in [1.29, 1.82) is 0 Å². The van der Waals surface area contributed by atoms with E-state index in [0.29, 0.717) is 11.6 Å². The van der Waals surface area contributed by atoms with Crippen LogP contribution in [0.3, 0.4) is 0 Å². The van der Waals surface area contributed by atoms with Gasteiger partial charge in [0.1, 0.15) is 0 Å². The Morgan fingerprint density at radius 2 is 1.90 bits per heavy atom. The summed E-state index contributed by atoms with van der Waals surface area (Å²) in [5, 5.41) is 3.90. The average molecular weight is 294 g/mol. The molecule has 0 amide bonds. The van der Waals surface area contributed by atoms with Crippen molar-refractivity contribution in [3.63, 3.8) is 0 Å². The first-order valence-electron chi connectivity index (χ1n) is 9.25. The Kier molecular flexibility index (Phi) is 4.92. The fourth-order valence-electron chi connectivity index (χ4n) is 4.77. The molecule has 21 heavy (non-hydrogen) atoms. The molecule has 0 spiro atoms. The van der Waals surface area contributed by atoms with Crippen molar-refractivity contribution < 1.29 is 4.74 Å². The summed E-state index contributed by atoms with van der Waals surface area (Å²) >= 11 is 0. The van der Waals surface area contributed by atoms with E-state index in [1.165, 1.54) is 64.5 Å². The fraction of sp³-hybridized carbons (Fsp3) is 1.00. The van der Waals surface area contributed by atoms with E-state index in [0.717, 1.165) is 18.0 Å². The van der Waals surface area contributed by atoms with E-state index in [9.17, 15) is 0 Å². The molecular formula is C18H34N2O. The lowest BCUT2D eigenvalue weighted by Gasteiger charge is -2.54. The van der Waals surface area contributed by atoms with Crippen molar-refractivity contribution in [1.82, 2.24) is 10.2 Å². The van der Waals surface area contributed by atoms with Crippen LogP contribution in [0, 0.1) is 5.92 Å². The minimum Gasteiger partial charge on any atom is -0.381 e. The van der Waals surface area contributed by atoms with Gasteiger partial charge in [-0.2, -0.15) is 0 Å². The van der Waals surface area contributed by atoms with Crippen molar-refractivity contribution in [3.05, 3.63) is 0 Å². The molecule has 2 aliphatic carbocycles. The number of hydrogen-bond acceptors (Lipinski definition) is 3. The van der Waals surface area contributed by atoms with Gasteiger partial charge >= 0.3 is 0 Å². The van der Waals surface area contributed by atoms with Gasteiger partial charge < -0.3 is 10.1 Å². The molecule has 3 fully saturated rings. The molecule has 122 valence electrons. The molecule has 3 nitrogen and oxygen atoms in total. The molecule has 3 atom stereocenters. The molecule has 0 bridgehead atoms. The van der Waals surface area contributed by atoms with E-state index in [-0.39, 0.29) is 0 Å². The maximum atomic E-state index is 5.69. The molecule has 0 aromatic rings. The fourth-order valence-corrected chi connectivity index (χ4v) is 4.77. The van der Waals surface area contributed by atoms with E-state index < -0.39 is 0 Å². The molecule has 1 aliphatic heterocycles. The van der Waals surface area contributed by atoms with E-state index in [4.69, 9.17) is 4.74 Å². The third-order valence-electron chi connectivity index (χ3n) is 6.58. The molecular weight excluding hydrogens is 260 g/mol. The summed E-state index contributed by atoms with van der Waals surface area (Å²) in [6, 6.07) is 1.49. The normalized spacial score (nSPS) is 37.6. The van der Waals surface area contributed by atoms with Crippen molar-refractivity contribution in [2.24, 2.45) is 5.92 Å². The highest BCUT2D eigenvalue weighted by atomic mass is 16.5. The van der Waals surface area contributed by atoms with Gasteiger partial charge in [0.15, 0.2) is 0 Å². The Balaban J connectivity index is 1.75. The lowest BCUT2D eigenvalue weighted by molar-refractivity contribution is -0.0469. The molecule has 0 radical (unpaired) electrons. The highest BCUT2D eigenvalue weighted by Gasteiger charge is 2.46. The van der Waals surface area contributed by atoms with Crippen LogP contribution in [0.25, 0.3) is 0 Å². The number of ether oxygens (including phenoxy) is 1. The van der Waals surface area contributed by atoms with Crippen LogP contribution in [0.1, 0.15) is 65.2 Å². The van der Waals surface area contributed by atoms with E-state index in [1.807, 2.05) is 7.11 Å². The van der Waals surface area contributed by atoms with Gasteiger partial charge in [0.05, 0.1) is 6.10 Å². The third kappa shape index (κ3) is 3.16. The van der Waals surface area contributed by atoms with E-state index in [1.54, 1.807) is 0 Å². The summed E-state index contributed by atoms with van der Waals surface area (Å²) in [5.41, 5.74) is 0.381. The van der Waals surface area contributed by atoms with Gasteiger partial charge in [0.2, 0.25) is 0 Å². The summed E-state index contributed by atoms with van der Waals surface area (Å²) < 4.78 is 5.69. The van der Waals surface area contributed by atoms with Crippen LogP contribution in [-0.4, -0.2) is 48.8 Å². The second-order valence-corrected chi connectivity index (χ2v) is 7.59. The Hall–Kier alpha value is -0.120. The summed E-state index contributed by atoms with van der Waals surface area (Å²) in [6.07, 6.45) is 11.1. The summed E-state index contributed by atoms with van der Waals surface area (Å²) in [7, 11) is 1.89. The summed E-state index contributed by atoms with van der Waals surface area (Å²) in [6.45, 7) is 7.22. The van der Waals surface area contributed by atoms with E-state index in [2.05, 4.69) is 24.1 Å². The van der Waals surface area contributed by atoms with Crippen LogP contribution < -0.4 is 5.32 Å². The third-order valence-corrected chi connectivity index (χ3v) is 6.58. The second kappa shape index (κ2) is 6.55. The maximum absolute atomic E-state index is 5.69. The van der Waals surface area contributed by atoms with Crippen molar-refractivity contribution in [2.75, 3.05) is 20.2 Å². The Labute approximate surface area is 130 Å². The smallest absolute Gasteiger partial charge is 0.0586 e. The molecule has 3 rings (SSSR count). The number of piperazine rings is 1. The topological polar surface area (TPSA) is 24.5 Å². The largest absolute Gasteiger partial charge is 0.381 e. The van der Waals surface area contributed by atoms with Gasteiger partial charge in [-0.1, -0.05) is 13.8 Å². The highest BCUT2D eigenvalue weighted by Crippen LogP contribution is 2.40. The number of nitrogens with zero attached hydrogens (tertiary/aromatic N) is 1. The van der Waals surface area contributed by atoms with Gasteiger partial charge in [-0.05, 0) is 57.3 Å². The molecule has 0 aromatic carbocycles. The van der Waals surface area contributed by atoms with Crippen molar-refractivity contribution in [3.8, 4) is 0 Å². The molecule has 2 saturated carbocycles. The second-order valence-electron chi connectivity index (χ2n) is 7.59. The molecule has 3 unspecified atom stereocenters. The lowest BCUT2D eigenvalue weighted by atomic mass is 9.81. The first-order valence-corrected chi connectivity index (χ1v) is 9.25. The highest BCUT2D eigenvalue weighted by molar-refractivity contribution is 5.04. The van der Waals surface area contributed by atoms with Crippen LogP contribution in [0.5, 0.6) is 0 Å². The molecule has 1 heterocycles. The first-order chi connectivity index (χ1) is 10.2. The van der Waals surface area contributed by atoms with Gasteiger partial charge in [-0.25, -0.2) is 0 Å². The van der Waals surface area contributed by atoms with Crippen LogP contribution >= 0.6 is 0 Å². The minimum absolute atomic E-state index is 0.381. The number of rotatable bonds is 5. The SMILES string of the molecule is CCC1(CC)CNC(C2CC2)CN1C1CCCC(OC)C1. The standard InChI is InChI=1S/C18H34N2O/c1-4-18(5-2)13-19-17(14-9-10-14)12-20(18)15-7-6-8-16(11-15)21-3/h14-17,19H,4-13H2,1-3H3. The molecule has 3 heteroatoms. The monoisotopic (exact) mass is 294 g/mol. The van der Waals surface area contributed by atoms with Gasteiger partial charge in [0.25, 0.3) is 0 Å². The lowest BCUT2D eigenvalue weighted by Crippen LogP contribution is -2.67. The first kappa shape index (κ1) is 15.8. The predicted octanol–water partition coefficient (Wildman–Crippen LogP) is 3.19. The van der Waals surface area contributed by atoms with Gasteiger partial charge in [-0.3, -0.25) is 4.90 Å². The quantitative estimate of drug-likeness (QED) is 0.843. The maximum Gasteiger partial charge on any atom is 0.0586 e. The Morgan fingerprint density at radius 1 is 1.14 bits per heavy atom. The van der Waals surface area contributed by atoms with Crippen LogP contribution in [0.4, 0.5) is 0 Å². The molecule has 3 aliphatic rings. The number of hydrogen-bond donors (Lipinski definition) is 1. The minimum atomic E-state index is 0.381. The molecule has 1 N–H and O–H groups in total. The molecule has 0 aromatic heterocycles. The van der Waals surface area contributed by atoms with Gasteiger partial charge in [0, 0.05) is 37.8 Å². The van der Waals surface area contributed by atoms with Crippen LogP contribution in [0.2, 0.25) is 0 Å². The average Bonchev–Trinajstić information content (AvgIpc) is 3.39. The van der Waals surface area contributed by atoms with Gasteiger partial charge in [-0.15, -0.1) is 0 Å². The van der Waals surface area contributed by atoms with Crippen molar-refractivity contribution in [2.45, 2.75) is 88.9 Å². The van der Waals surface area contributed by atoms with E-state index >= 15 is 0 Å². The van der Waals surface area contributed by atoms with Crippen molar-refractivity contribution >= 4 is 0 Å². The predicted molar refractivity (Wildman–Crippen MR) is 87.6 cm³/mol. The van der Waals surface area contributed by atoms with Crippen LogP contribution in [0.15, 0.2) is 0 Å². The van der Waals surface area contributed by atoms with Crippen LogP contribution in [-0.2, 0) is 4.74 Å². The zero-order valence-corrected chi connectivity index (χ0v) is 14.2. The summed E-state index contributed by atoms with van der Waals surface area (Å²) in [4.78, 5) is 2.91. The Bertz CT molecular complexity index is 338. The number of methoxy groups -OCH3 is 1. The zero-order valence-electron chi connectivity index (χ0n) is 14.2. The molecule has 1 saturated heterocycles. The Morgan fingerprint density at radius 3 is 2.52 bits per heavy atom. The summed E-state index contributed by atoms with van der Waals surface area (Å²) in [5.74, 6) is 0.959.